The second-order valence-corrected chi connectivity index (χ2v) is 6.81. The first-order valence-corrected chi connectivity index (χ1v) is 7.95. The maximum Gasteiger partial charge on any atom is 0.308 e. The highest BCUT2D eigenvalue weighted by Gasteiger charge is 2.24. The zero-order chi connectivity index (χ0) is 18.6. The summed E-state index contributed by atoms with van der Waals surface area (Å²) in [5, 5.41) is 6.49. The number of rotatable bonds is 5. The predicted octanol–water partition coefficient (Wildman–Crippen LogP) is 2.77. The van der Waals surface area contributed by atoms with Gasteiger partial charge < -0.3 is 20.3 Å². The van der Waals surface area contributed by atoms with Crippen LogP contribution in [0.25, 0.3) is 0 Å². The molecule has 2 rings (SSSR count). The Bertz CT molecular complexity index is 744. The van der Waals surface area contributed by atoms with Gasteiger partial charge in [-0.1, -0.05) is 17.3 Å². The van der Waals surface area contributed by atoms with Crippen molar-refractivity contribution in [2.75, 3.05) is 5.73 Å². The number of esters is 1. The fourth-order valence-electron chi connectivity index (χ4n) is 2.24. The van der Waals surface area contributed by atoms with Crippen molar-refractivity contribution in [3.8, 4) is 0 Å². The van der Waals surface area contributed by atoms with E-state index in [1.54, 1.807) is 52.0 Å². The molecular weight excluding hydrogens is 322 g/mol. The van der Waals surface area contributed by atoms with Crippen LogP contribution in [0, 0.1) is 6.92 Å². The number of nitrogens with zero attached hydrogens (tertiary/aromatic N) is 1. The summed E-state index contributed by atoms with van der Waals surface area (Å²) in [5.74, 6) is -0.311. The van der Waals surface area contributed by atoms with Gasteiger partial charge in [-0.2, -0.15) is 0 Å². The summed E-state index contributed by atoms with van der Waals surface area (Å²) in [6.45, 7) is 7.07. The first-order valence-electron chi connectivity index (χ1n) is 7.95. The second-order valence-electron chi connectivity index (χ2n) is 6.81. The number of nitrogens with one attached hydrogen (secondary N) is 1. The molecule has 2 aromatic rings. The van der Waals surface area contributed by atoms with E-state index in [2.05, 4.69) is 10.5 Å². The predicted molar refractivity (Wildman–Crippen MR) is 92.8 cm³/mol. The molecule has 1 atom stereocenters. The number of aryl methyl sites for hydroxylation is 1. The van der Waals surface area contributed by atoms with Crippen molar-refractivity contribution in [3.05, 3.63) is 47.3 Å². The lowest BCUT2D eigenvalue weighted by atomic mass is 10.0. The Balaban J connectivity index is 2.18. The lowest BCUT2D eigenvalue weighted by molar-refractivity contribution is -0.155. The monoisotopic (exact) mass is 345 g/mol. The van der Waals surface area contributed by atoms with E-state index >= 15 is 0 Å². The molecular formula is C18H23N3O4. The quantitative estimate of drug-likeness (QED) is 0.637. The van der Waals surface area contributed by atoms with Gasteiger partial charge in [-0.15, -0.1) is 0 Å². The summed E-state index contributed by atoms with van der Waals surface area (Å²) in [5.41, 5.74) is 6.60. The molecule has 1 unspecified atom stereocenters. The number of hydrogen-bond acceptors (Lipinski definition) is 6. The largest absolute Gasteiger partial charge is 0.460 e. The maximum absolute atomic E-state index is 12.4. The van der Waals surface area contributed by atoms with Gasteiger partial charge in [0.25, 0.3) is 5.91 Å². The fourth-order valence-corrected chi connectivity index (χ4v) is 2.24. The van der Waals surface area contributed by atoms with Gasteiger partial charge in [0.2, 0.25) is 0 Å². The molecule has 1 amide bonds. The number of benzene rings is 1. The minimum absolute atomic E-state index is 0.0102. The van der Waals surface area contributed by atoms with Crippen LogP contribution in [0.1, 0.15) is 55.0 Å². The standard InChI is InChI=1S/C18H23N3O4/c1-11-9-15(21-25-11)17(23)20-14(10-16(22)24-18(2,3)4)12-5-7-13(19)8-6-12/h5-9,14H,10,19H2,1-4H3,(H,20,23). The molecule has 0 saturated carbocycles. The molecule has 0 fully saturated rings. The lowest BCUT2D eigenvalue weighted by Crippen LogP contribution is -2.32. The Morgan fingerprint density at radius 3 is 2.44 bits per heavy atom. The molecule has 134 valence electrons. The van der Waals surface area contributed by atoms with Crippen molar-refractivity contribution < 1.29 is 18.8 Å². The summed E-state index contributed by atoms with van der Waals surface area (Å²) >= 11 is 0. The first kappa shape index (κ1) is 18.5. The van der Waals surface area contributed by atoms with Gasteiger partial charge in [0, 0.05) is 11.8 Å². The van der Waals surface area contributed by atoms with Crippen LogP contribution in [-0.2, 0) is 9.53 Å². The number of ether oxygens (including phenoxy) is 1. The molecule has 1 aromatic carbocycles. The van der Waals surface area contributed by atoms with Gasteiger partial charge in [0.15, 0.2) is 5.69 Å². The Morgan fingerprint density at radius 1 is 1.28 bits per heavy atom. The van der Waals surface area contributed by atoms with Crippen LogP contribution in [0.15, 0.2) is 34.9 Å². The second kappa shape index (κ2) is 7.38. The topological polar surface area (TPSA) is 107 Å². The molecule has 0 aliphatic rings. The number of aromatic nitrogens is 1. The molecule has 7 heteroatoms. The molecule has 1 aromatic heterocycles. The van der Waals surface area contributed by atoms with Crippen LogP contribution in [0.2, 0.25) is 0 Å². The van der Waals surface area contributed by atoms with Crippen LogP contribution in [0.3, 0.4) is 0 Å². The molecule has 0 aliphatic carbocycles. The summed E-state index contributed by atoms with van der Waals surface area (Å²) in [7, 11) is 0. The number of carbonyl (C=O) groups excluding carboxylic acids is 2. The number of hydrogen-bond donors (Lipinski definition) is 2. The number of nitrogens with two attached hydrogens (primary N) is 1. The third-order valence-electron chi connectivity index (χ3n) is 3.30. The van der Waals surface area contributed by atoms with Crippen molar-refractivity contribution in [2.24, 2.45) is 0 Å². The van der Waals surface area contributed by atoms with Gasteiger partial charge in [-0.3, -0.25) is 9.59 Å². The highest BCUT2D eigenvalue weighted by Crippen LogP contribution is 2.21. The minimum atomic E-state index is -0.601. The number of anilines is 1. The van der Waals surface area contributed by atoms with Crippen LogP contribution in [-0.4, -0.2) is 22.6 Å². The summed E-state index contributed by atoms with van der Waals surface area (Å²) in [6, 6.07) is 7.91. The smallest absolute Gasteiger partial charge is 0.308 e. The van der Waals surface area contributed by atoms with Crippen LogP contribution in [0.4, 0.5) is 5.69 Å². The van der Waals surface area contributed by atoms with E-state index in [9.17, 15) is 9.59 Å². The summed E-state index contributed by atoms with van der Waals surface area (Å²) in [6.07, 6.45) is -0.0102. The first-order chi connectivity index (χ1) is 11.6. The van der Waals surface area contributed by atoms with Gasteiger partial charge in [-0.05, 0) is 45.4 Å². The molecule has 0 saturated heterocycles. The highest BCUT2D eigenvalue weighted by atomic mass is 16.6. The molecule has 3 N–H and O–H groups in total. The van der Waals surface area contributed by atoms with Crippen molar-refractivity contribution in [2.45, 2.75) is 45.8 Å². The Kier molecular flexibility index (Phi) is 5.46. The molecule has 0 bridgehead atoms. The maximum atomic E-state index is 12.4. The van der Waals surface area contributed by atoms with E-state index in [4.69, 9.17) is 15.0 Å². The molecule has 1 heterocycles. The highest BCUT2D eigenvalue weighted by molar-refractivity contribution is 5.92. The van der Waals surface area contributed by atoms with E-state index in [1.165, 1.54) is 6.07 Å². The van der Waals surface area contributed by atoms with E-state index in [0.717, 1.165) is 5.56 Å². The molecule has 0 aliphatic heterocycles. The van der Waals surface area contributed by atoms with Gasteiger partial charge in [-0.25, -0.2) is 0 Å². The van der Waals surface area contributed by atoms with E-state index in [0.29, 0.717) is 11.4 Å². The Morgan fingerprint density at radius 2 is 1.92 bits per heavy atom. The van der Waals surface area contributed by atoms with Crippen molar-refractivity contribution in [3.63, 3.8) is 0 Å². The third kappa shape index (κ3) is 5.63. The van der Waals surface area contributed by atoms with Gasteiger partial charge in [0.05, 0.1) is 12.5 Å². The molecule has 0 spiro atoms. The van der Waals surface area contributed by atoms with Crippen molar-refractivity contribution in [1.29, 1.82) is 0 Å². The summed E-state index contributed by atoms with van der Waals surface area (Å²) in [4.78, 5) is 24.6. The normalized spacial score (nSPS) is 12.5. The van der Waals surface area contributed by atoms with Crippen LogP contribution < -0.4 is 11.1 Å². The number of nitrogen functional groups attached to an aromatic ring is 1. The van der Waals surface area contributed by atoms with E-state index < -0.39 is 23.5 Å². The van der Waals surface area contributed by atoms with Crippen molar-refractivity contribution >= 4 is 17.6 Å². The molecule has 25 heavy (non-hydrogen) atoms. The Hall–Kier alpha value is -2.83. The average molecular weight is 345 g/mol. The zero-order valence-corrected chi connectivity index (χ0v) is 14.8. The molecule has 0 radical (unpaired) electrons. The van der Waals surface area contributed by atoms with E-state index in [-0.39, 0.29) is 12.1 Å². The SMILES string of the molecule is Cc1cc(C(=O)NC(CC(=O)OC(C)(C)C)c2ccc(N)cc2)no1. The number of amides is 1. The van der Waals surface area contributed by atoms with Gasteiger partial charge >= 0.3 is 5.97 Å². The minimum Gasteiger partial charge on any atom is -0.460 e. The summed E-state index contributed by atoms with van der Waals surface area (Å²) < 4.78 is 10.3. The van der Waals surface area contributed by atoms with Crippen LogP contribution >= 0.6 is 0 Å². The van der Waals surface area contributed by atoms with E-state index in [1.807, 2.05) is 0 Å². The van der Waals surface area contributed by atoms with Gasteiger partial charge in [0.1, 0.15) is 11.4 Å². The third-order valence-corrected chi connectivity index (χ3v) is 3.30. The number of carbonyl (C=O) groups is 2. The Labute approximate surface area is 146 Å². The fraction of sp³-hybridized carbons (Fsp3) is 0.389. The lowest BCUT2D eigenvalue weighted by Gasteiger charge is -2.23. The van der Waals surface area contributed by atoms with Crippen molar-refractivity contribution in [1.82, 2.24) is 10.5 Å². The van der Waals surface area contributed by atoms with Crippen LogP contribution in [0.5, 0.6) is 0 Å². The molecule has 7 nitrogen and oxygen atoms in total. The average Bonchev–Trinajstić information content (AvgIpc) is 2.92. The zero-order valence-electron chi connectivity index (χ0n) is 14.8.